The number of alkyl halides is 3. The van der Waals surface area contributed by atoms with Crippen LogP contribution in [0.15, 0.2) is 41.3 Å². The molecule has 0 aliphatic carbocycles. The van der Waals surface area contributed by atoms with Gasteiger partial charge < -0.3 is 24.1 Å². The van der Waals surface area contributed by atoms with Crippen molar-refractivity contribution in [2.45, 2.75) is 31.5 Å². The third kappa shape index (κ3) is 5.69. The van der Waals surface area contributed by atoms with Crippen molar-refractivity contribution < 1.29 is 41.8 Å². The molecule has 1 N–H and O–H groups in total. The molecule has 2 aromatic heterocycles. The van der Waals surface area contributed by atoms with Crippen LogP contribution in [0.25, 0.3) is 0 Å². The molecule has 0 unspecified atom stereocenters. The smallest absolute Gasteiger partial charge is 0.475 e. The summed E-state index contributed by atoms with van der Waals surface area (Å²) in [5.74, 6) is -2.19. The van der Waals surface area contributed by atoms with Crippen molar-refractivity contribution in [2.75, 3.05) is 31.1 Å². The van der Waals surface area contributed by atoms with Crippen molar-refractivity contribution in [1.82, 2.24) is 9.88 Å². The molecule has 12 heteroatoms. The predicted octanol–water partition coefficient (Wildman–Crippen LogP) is 2.65. The number of amides is 2. The van der Waals surface area contributed by atoms with Crippen LogP contribution in [0.3, 0.4) is 0 Å². The summed E-state index contributed by atoms with van der Waals surface area (Å²) in [5.41, 5.74) is 0.983. The first-order chi connectivity index (χ1) is 15.5. The van der Waals surface area contributed by atoms with Crippen LogP contribution in [0, 0.1) is 6.92 Å². The van der Waals surface area contributed by atoms with E-state index >= 15 is 0 Å². The normalized spacial score (nSPS) is 18.0. The molecule has 2 amide bonds. The van der Waals surface area contributed by atoms with Crippen molar-refractivity contribution in [3.8, 4) is 0 Å². The number of hydrogen-bond donors (Lipinski definition) is 1. The number of aryl methyl sites for hydroxylation is 1. The van der Waals surface area contributed by atoms with Crippen LogP contribution in [0.1, 0.15) is 29.0 Å². The summed E-state index contributed by atoms with van der Waals surface area (Å²) < 4.78 is 42.9. The summed E-state index contributed by atoms with van der Waals surface area (Å²) in [6, 6.07) is 5.41. The summed E-state index contributed by atoms with van der Waals surface area (Å²) in [6.45, 7) is 3.53. The average molecular weight is 469 g/mol. The summed E-state index contributed by atoms with van der Waals surface area (Å²) in [6.07, 6.45) is 1.22. The number of carbonyl (C=O) groups is 3. The Morgan fingerprint density at radius 1 is 1.21 bits per heavy atom. The van der Waals surface area contributed by atoms with Crippen molar-refractivity contribution in [2.24, 2.45) is 0 Å². The van der Waals surface area contributed by atoms with Crippen LogP contribution in [-0.4, -0.2) is 70.8 Å². The minimum absolute atomic E-state index is 0.0119. The van der Waals surface area contributed by atoms with E-state index in [-0.39, 0.29) is 18.4 Å². The van der Waals surface area contributed by atoms with Crippen molar-refractivity contribution in [1.29, 1.82) is 0 Å². The van der Waals surface area contributed by atoms with Gasteiger partial charge in [-0.25, -0.2) is 4.79 Å². The number of aromatic nitrogens is 1. The van der Waals surface area contributed by atoms with Crippen LogP contribution in [0.4, 0.5) is 18.9 Å². The lowest BCUT2D eigenvalue weighted by molar-refractivity contribution is -0.192. The Labute approximate surface area is 186 Å². The number of nitrogens with zero attached hydrogens (tertiary/aromatic N) is 3. The second kappa shape index (κ2) is 9.61. The summed E-state index contributed by atoms with van der Waals surface area (Å²) in [5, 5.41) is 7.12. The molecule has 1 spiro atoms. The number of piperidine rings is 1. The predicted molar refractivity (Wildman–Crippen MR) is 108 cm³/mol. The zero-order valence-electron chi connectivity index (χ0n) is 17.7. The minimum Gasteiger partial charge on any atom is -0.475 e. The standard InChI is InChI=1S/C19H21N3O4.C2HF3O2/c1-14-16(4-10-25-14)18(24)21-8-5-19(6-9-21)13-22(17(23)12-26-19)15-3-2-7-20-11-15;3-2(4,5)1(6)7/h2-4,7,10-11H,5-6,8-9,12-13H2,1H3;(H,6,7). The Balaban J connectivity index is 0.000000383. The molecule has 2 aliphatic rings. The lowest BCUT2D eigenvalue weighted by atomic mass is 9.88. The number of carboxylic acid groups (broad SMARTS) is 1. The van der Waals surface area contributed by atoms with E-state index in [1.54, 1.807) is 30.3 Å². The molecule has 178 valence electrons. The summed E-state index contributed by atoms with van der Waals surface area (Å²) in [4.78, 5) is 41.5. The van der Waals surface area contributed by atoms with E-state index in [4.69, 9.17) is 19.1 Å². The van der Waals surface area contributed by atoms with Gasteiger partial charge in [0, 0.05) is 19.3 Å². The number of hydrogen-bond acceptors (Lipinski definition) is 6. The number of ether oxygens (including phenoxy) is 1. The zero-order chi connectivity index (χ0) is 24.2. The summed E-state index contributed by atoms with van der Waals surface area (Å²) >= 11 is 0. The van der Waals surface area contributed by atoms with Crippen molar-refractivity contribution >= 4 is 23.5 Å². The lowest BCUT2D eigenvalue weighted by Crippen LogP contribution is -2.59. The Bertz CT molecular complexity index is 1000. The molecule has 2 aromatic rings. The molecule has 0 radical (unpaired) electrons. The number of furan rings is 1. The number of anilines is 1. The fraction of sp³-hybridized carbons (Fsp3) is 0.429. The number of rotatable bonds is 2. The molecule has 0 aromatic carbocycles. The van der Waals surface area contributed by atoms with Gasteiger partial charge in [-0.2, -0.15) is 13.2 Å². The summed E-state index contributed by atoms with van der Waals surface area (Å²) in [7, 11) is 0. The first kappa shape index (κ1) is 24.2. The van der Waals surface area contributed by atoms with E-state index in [0.717, 1.165) is 5.69 Å². The van der Waals surface area contributed by atoms with E-state index in [9.17, 15) is 22.8 Å². The fourth-order valence-corrected chi connectivity index (χ4v) is 3.66. The topological polar surface area (TPSA) is 113 Å². The van der Waals surface area contributed by atoms with Gasteiger partial charge in [-0.1, -0.05) is 0 Å². The van der Waals surface area contributed by atoms with Crippen molar-refractivity contribution in [3.05, 3.63) is 48.2 Å². The molecule has 0 bridgehead atoms. The molecule has 2 aliphatic heterocycles. The number of halogens is 3. The number of pyridine rings is 1. The van der Waals surface area contributed by atoms with Crippen LogP contribution in [0.2, 0.25) is 0 Å². The zero-order valence-corrected chi connectivity index (χ0v) is 17.7. The second-order valence-corrected chi connectivity index (χ2v) is 7.65. The third-order valence-electron chi connectivity index (χ3n) is 5.50. The molecular formula is C21H22F3N3O6. The first-order valence-electron chi connectivity index (χ1n) is 10.0. The van der Waals surface area contributed by atoms with Crippen LogP contribution in [-0.2, 0) is 14.3 Å². The number of carboxylic acids is 1. The average Bonchev–Trinajstić information content (AvgIpc) is 3.22. The highest BCUT2D eigenvalue weighted by Crippen LogP contribution is 2.33. The molecule has 33 heavy (non-hydrogen) atoms. The lowest BCUT2D eigenvalue weighted by Gasteiger charge is -2.46. The molecule has 0 atom stereocenters. The first-order valence-corrected chi connectivity index (χ1v) is 10.0. The van der Waals surface area contributed by atoms with Gasteiger partial charge in [-0.15, -0.1) is 0 Å². The minimum atomic E-state index is -5.08. The molecule has 4 rings (SSSR count). The molecule has 2 saturated heterocycles. The van der Waals surface area contributed by atoms with E-state index in [1.165, 1.54) is 6.26 Å². The monoisotopic (exact) mass is 469 g/mol. The number of morpholine rings is 1. The molecule has 9 nitrogen and oxygen atoms in total. The SMILES string of the molecule is Cc1occc1C(=O)N1CCC2(CC1)CN(c1cccnc1)C(=O)CO2.O=C(O)C(F)(F)F. The highest BCUT2D eigenvalue weighted by Gasteiger charge is 2.43. The Hall–Kier alpha value is -3.41. The molecule has 2 fully saturated rings. The van der Waals surface area contributed by atoms with Gasteiger partial charge in [0.05, 0.1) is 35.9 Å². The van der Waals surface area contributed by atoms with E-state index < -0.39 is 17.7 Å². The van der Waals surface area contributed by atoms with Gasteiger partial charge in [0.1, 0.15) is 12.4 Å². The van der Waals surface area contributed by atoms with Crippen LogP contribution >= 0.6 is 0 Å². The van der Waals surface area contributed by atoms with Crippen LogP contribution in [0.5, 0.6) is 0 Å². The molecular weight excluding hydrogens is 447 g/mol. The van der Waals surface area contributed by atoms with Crippen LogP contribution < -0.4 is 4.90 Å². The third-order valence-corrected chi connectivity index (χ3v) is 5.50. The van der Waals surface area contributed by atoms with Crippen molar-refractivity contribution in [3.63, 3.8) is 0 Å². The van der Waals surface area contributed by atoms with Gasteiger partial charge in [0.25, 0.3) is 11.8 Å². The Kier molecular flexibility index (Phi) is 7.06. The highest BCUT2D eigenvalue weighted by molar-refractivity contribution is 5.96. The number of likely N-dealkylation sites (tertiary alicyclic amines) is 1. The van der Waals surface area contributed by atoms with Gasteiger partial charge in [-0.05, 0) is 38.0 Å². The highest BCUT2D eigenvalue weighted by atomic mass is 19.4. The fourth-order valence-electron chi connectivity index (χ4n) is 3.66. The second-order valence-electron chi connectivity index (χ2n) is 7.65. The molecule has 4 heterocycles. The Morgan fingerprint density at radius 3 is 2.39 bits per heavy atom. The Morgan fingerprint density at radius 2 is 1.88 bits per heavy atom. The maximum atomic E-state index is 12.6. The van der Waals surface area contributed by atoms with E-state index in [1.807, 2.05) is 17.0 Å². The quantitative estimate of drug-likeness (QED) is 0.720. The van der Waals surface area contributed by atoms with Gasteiger partial charge in [0.2, 0.25) is 0 Å². The maximum absolute atomic E-state index is 12.6. The van der Waals surface area contributed by atoms with Gasteiger partial charge in [0.15, 0.2) is 0 Å². The number of aliphatic carboxylic acids is 1. The largest absolute Gasteiger partial charge is 0.490 e. The van der Waals surface area contributed by atoms with E-state index in [2.05, 4.69) is 4.98 Å². The van der Waals surface area contributed by atoms with Gasteiger partial charge in [-0.3, -0.25) is 14.6 Å². The molecule has 0 saturated carbocycles. The van der Waals surface area contributed by atoms with E-state index in [0.29, 0.717) is 43.8 Å². The number of carbonyl (C=O) groups excluding carboxylic acids is 2. The van der Waals surface area contributed by atoms with Gasteiger partial charge >= 0.3 is 12.1 Å². The maximum Gasteiger partial charge on any atom is 0.490 e.